The Balaban J connectivity index is 1.67. The van der Waals surface area contributed by atoms with Crippen LogP contribution in [0.5, 0.6) is 0 Å². The number of nitrogens with one attached hydrogen (secondary N) is 1. The Morgan fingerprint density at radius 2 is 2.00 bits per heavy atom. The van der Waals surface area contributed by atoms with Crippen LogP contribution in [0.3, 0.4) is 0 Å². The third kappa shape index (κ3) is 5.91. The molecule has 0 saturated carbocycles. The van der Waals surface area contributed by atoms with Crippen LogP contribution in [-0.2, 0) is 17.8 Å². The molecule has 0 aliphatic carbocycles. The first-order valence-electron chi connectivity index (χ1n) is 9.42. The number of hydrogen-bond acceptors (Lipinski definition) is 4. The molecule has 0 radical (unpaired) electrons. The van der Waals surface area contributed by atoms with Crippen molar-refractivity contribution in [2.75, 3.05) is 32.1 Å². The molecule has 27 heavy (non-hydrogen) atoms. The first kappa shape index (κ1) is 19.6. The van der Waals surface area contributed by atoms with Crippen molar-refractivity contribution in [3.05, 3.63) is 59.9 Å². The van der Waals surface area contributed by atoms with Crippen molar-refractivity contribution in [3.63, 3.8) is 0 Å². The van der Waals surface area contributed by atoms with E-state index in [1.54, 1.807) is 0 Å². The van der Waals surface area contributed by atoms with Crippen LogP contribution in [0, 0.1) is 0 Å². The molecule has 1 N–H and O–H groups in total. The van der Waals surface area contributed by atoms with E-state index in [9.17, 15) is 0 Å². The summed E-state index contributed by atoms with van der Waals surface area (Å²) in [6, 6.07) is 14.6. The molecule has 1 aliphatic heterocycles. The summed E-state index contributed by atoms with van der Waals surface area (Å²) >= 11 is 5.70. The van der Waals surface area contributed by atoms with Gasteiger partial charge in [0.25, 0.3) is 0 Å². The molecule has 6 heteroatoms. The molecule has 1 aromatic carbocycles. The van der Waals surface area contributed by atoms with Gasteiger partial charge in [0, 0.05) is 45.7 Å². The summed E-state index contributed by atoms with van der Waals surface area (Å²) in [5.74, 6) is 0. The highest BCUT2D eigenvalue weighted by Gasteiger charge is 2.18. The summed E-state index contributed by atoms with van der Waals surface area (Å²) in [5.41, 5.74) is 3.41. The molecule has 5 nitrogen and oxygen atoms in total. The minimum absolute atomic E-state index is 0.263. The Hall–Kier alpha value is -2.18. The summed E-state index contributed by atoms with van der Waals surface area (Å²) in [6.07, 6.45) is 4.32. The summed E-state index contributed by atoms with van der Waals surface area (Å²) in [5, 5.41) is 4.13. The number of nitrogens with zero attached hydrogens (tertiary/aromatic N) is 3. The van der Waals surface area contributed by atoms with Gasteiger partial charge in [0.2, 0.25) is 0 Å². The number of benzene rings is 1. The lowest BCUT2D eigenvalue weighted by Crippen LogP contribution is -2.42. The fourth-order valence-corrected chi connectivity index (χ4v) is 3.34. The summed E-state index contributed by atoms with van der Waals surface area (Å²) in [6.45, 7) is 3.03. The molecule has 1 atom stereocenters. The Bertz CT molecular complexity index is 715. The number of hydrogen-bond donors (Lipinski definition) is 1. The Morgan fingerprint density at radius 1 is 1.19 bits per heavy atom. The largest absolute Gasteiger partial charge is 0.378 e. The molecule has 3 rings (SSSR count). The highest BCUT2D eigenvalue weighted by atomic mass is 32.1. The fourth-order valence-electron chi connectivity index (χ4n) is 3.12. The quantitative estimate of drug-likeness (QED) is 0.740. The minimum Gasteiger partial charge on any atom is -0.378 e. The normalized spacial score (nSPS) is 16.1. The van der Waals surface area contributed by atoms with E-state index in [1.807, 2.05) is 38.5 Å². The Morgan fingerprint density at radius 3 is 2.63 bits per heavy atom. The van der Waals surface area contributed by atoms with Crippen LogP contribution in [-0.4, -0.2) is 48.3 Å². The summed E-state index contributed by atoms with van der Waals surface area (Å²) in [7, 11) is 4.10. The van der Waals surface area contributed by atoms with Gasteiger partial charge in [-0.2, -0.15) is 0 Å². The van der Waals surface area contributed by atoms with Crippen LogP contribution in [0.2, 0.25) is 0 Å². The zero-order valence-corrected chi connectivity index (χ0v) is 16.9. The maximum atomic E-state index is 5.70. The van der Waals surface area contributed by atoms with Gasteiger partial charge in [0.15, 0.2) is 5.11 Å². The number of anilines is 1. The van der Waals surface area contributed by atoms with Crippen molar-refractivity contribution in [2.45, 2.75) is 32.0 Å². The minimum atomic E-state index is 0.263. The van der Waals surface area contributed by atoms with Gasteiger partial charge in [-0.15, -0.1) is 0 Å². The van der Waals surface area contributed by atoms with Crippen molar-refractivity contribution < 1.29 is 4.74 Å². The molecular formula is C21H28N4OS. The third-order valence-electron chi connectivity index (χ3n) is 4.70. The van der Waals surface area contributed by atoms with Gasteiger partial charge in [-0.1, -0.05) is 18.2 Å². The fraction of sp³-hybridized carbons (Fsp3) is 0.429. The highest BCUT2D eigenvalue weighted by Crippen LogP contribution is 2.16. The van der Waals surface area contributed by atoms with Gasteiger partial charge >= 0.3 is 0 Å². The molecule has 144 valence electrons. The molecule has 2 aromatic rings. The molecular weight excluding hydrogens is 356 g/mol. The van der Waals surface area contributed by atoms with Crippen molar-refractivity contribution in [1.82, 2.24) is 15.2 Å². The predicted molar refractivity (Wildman–Crippen MR) is 114 cm³/mol. The van der Waals surface area contributed by atoms with Crippen molar-refractivity contribution in [1.29, 1.82) is 0 Å². The SMILES string of the molecule is CN(C)c1ccc(CN(Cc2ccccn2)C(=S)NC[C@@H]2CCCO2)cc1. The smallest absolute Gasteiger partial charge is 0.169 e. The van der Waals surface area contributed by atoms with E-state index in [2.05, 4.69) is 44.4 Å². The predicted octanol–water partition coefficient (Wildman–Crippen LogP) is 3.20. The first-order valence-corrected chi connectivity index (χ1v) is 9.83. The van der Waals surface area contributed by atoms with Gasteiger partial charge in [-0.3, -0.25) is 4.98 Å². The van der Waals surface area contributed by atoms with Crippen LogP contribution in [0.25, 0.3) is 0 Å². The lowest BCUT2D eigenvalue weighted by molar-refractivity contribution is 0.113. The monoisotopic (exact) mass is 384 g/mol. The number of ether oxygens (including phenoxy) is 1. The van der Waals surface area contributed by atoms with Gasteiger partial charge in [0.05, 0.1) is 18.3 Å². The number of pyridine rings is 1. The molecule has 0 amide bonds. The maximum Gasteiger partial charge on any atom is 0.169 e. The van der Waals surface area contributed by atoms with E-state index in [0.717, 1.165) is 43.3 Å². The van der Waals surface area contributed by atoms with E-state index < -0.39 is 0 Å². The van der Waals surface area contributed by atoms with Gasteiger partial charge in [0.1, 0.15) is 0 Å². The Kier molecular flexibility index (Phi) is 7.01. The van der Waals surface area contributed by atoms with E-state index in [4.69, 9.17) is 17.0 Å². The highest BCUT2D eigenvalue weighted by molar-refractivity contribution is 7.80. The molecule has 1 saturated heterocycles. The standard InChI is InChI=1S/C21H28N4OS/c1-24(2)19-10-8-17(9-11-19)15-25(16-18-6-3-4-12-22-18)21(27)23-14-20-7-5-13-26-20/h3-4,6,8-12,20H,5,7,13-16H2,1-2H3,(H,23,27)/t20-/m0/s1. The summed E-state index contributed by atoms with van der Waals surface area (Å²) < 4.78 is 5.70. The average Bonchev–Trinajstić information content (AvgIpc) is 3.20. The third-order valence-corrected chi connectivity index (χ3v) is 5.10. The zero-order chi connectivity index (χ0) is 19.1. The Labute approximate surface area is 167 Å². The van der Waals surface area contributed by atoms with Gasteiger partial charge in [-0.05, 0) is 54.9 Å². The number of thiocarbonyl (C=S) groups is 1. The second kappa shape index (κ2) is 9.67. The van der Waals surface area contributed by atoms with E-state index in [0.29, 0.717) is 6.54 Å². The second-order valence-corrected chi connectivity index (χ2v) is 7.45. The molecule has 0 spiro atoms. The molecule has 1 aromatic heterocycles. The lowest BCUT2D eigenvalue weighted by atomic mass is 10.2. The van der Waals surface area contributed by atoms with E-state index in [1.165, 1.54) is 11.3 Å². The average molecular weight is 385 g/mol. The summed E-state index contributed by atoms with van der Waals surface area (Å²) in [4.78, 5) is 8.72. The molecule has 0 bridgehead atoms. The topological polar surface area (TPSA) is 40.6 Å². The second-order valence-electron chi connectivity index (χ2n) is 7.06. The van der Waals surface area contributed by atoms with Crippen LogP contribution < -0.4 is 10.2 Å². The van der Waals surface area contributed by atoms with Gasteiger partial charge < -0.3 is 19.9 Å². The molecule has 2 heterocycles. The van der Waals surface area contributed by atoms with E-state index in [-0.39, 0.29) is 6.10 Å². The van der Waals surface area contributed by atoms with Crippen LogP contribution in [0.1, 0.15) is 24.1 Å². The number of rotatable bonds is 7. The number of aromatic nitrogens is 1. The van der Waals surface area contributed by atoms with Crippen molar-refractivity contribution in [3.8, 4) is 0 Å². The molecule has 1 fully saturated rings. The van der Waals surface area contributed by atoms with Gasteiger partial charge in [-0.25, -0.2) is 0 Å². The first-order chi connectivity index (χ1) is 13.1. The molecule has 0 unspecified atom stereocenters. The van der Waals surface area contributed by atoms with Crippen LogP contribution >= 0.6 is 12.2 Å². The van der Waals surface area contributed by atoms with Crippen LogP contribution in [0.15, 0.2) is 48.7 Å². The molecule has 1 aliphatic rings. The van der Waals surface area contributed by atoms with E-state index >= 15 is 0 Å². The maximum absolute atomic E-state index is 5.70. The van der Waals surface area contributed by atoms with Crippen molar-refractivity contribution in [2.24, 2.45) is 0 Å². The van der Waals surface area contributed by atoms with Crippen LogP contribution in [0.4, 0.5) is 5.69 Å². The lowest BCUT2D eigenvalue weighted by Gasteiger charge is -2.27. The van der Waals surface area contributed by atoms with Crippen molar-refractivity contribution >= 4 is 23.0 Å². The zero-order valence-electron chi connectivity index (χ0n) is 16.1.